The summed E-state index contributed by atoms with van der Waals surface area (Å²) in [5, 5.41) is 0. The molecular weight excluding hydrogens is 380 g/mol. The monoisotopic (exact) mass is 414 g/mol. The van der Waals surface area contributed by atoms with Gasteiger partial charge in [0.25, 0.3) is 0 Å². The van der Waals surface area contributed by atoms with E-state index in [2.05, 4.69) is 0 Å². The molecule has 0 unspecified atom stereocenters. The summed E-state index contributed by atoms with van der Waals surface area (Å²) in [4.78, 5) is 12.8. The fourth-order valence-corrected chi connectivity index (χ4v) is 3.09. The first-order valence-electron chi connectivity index (χ1n) is 10.5. The highest BCUT2D eigenvalue weighted by Gasteiger charge is 2.18. The highest BCUT2D eigenvalue weighted by molar-refractivity contribution is 5.96. The predicted octanol–water partition coefficient (Wildman–Crippen LogP) is 5.87. The number of carbonyl (C=O) groups excluding carboxylic acids is 1. The Morgan fingerprint density at radius 3 is 2.07 bits per heavy atom. The number of hydrogen-bond donors (Lipinski definition) is 0. The van der Waals surface area contributed by atoms with Crippen molar-refractivity contribution in [2.75, 3.05) is 7.11 Å². The van der Waals surface area contributed by atoms with Crippen molar-refractivity contribution in [1.29, 1.82) is 0 Å². The Morgan fingerprint density at radius 2 is 1.47 bits per heavy atom. The Balaban J connectivity index is 2.26. The van der Waals surface area contributed by atoms with E-state index < -0.39 is 0 Å². The highest BCUT2D eigenvalue weighted by atomic mass is 16.5. The number of aryl methyl sites for hydroxylation is 1. The number of rotatable bonds is 11. The molecule has 30 heavy (non-hydrogen) atoms. The first-order chi connectivity index (χ1) is 14.2. The molecule has 0 radical (unpaired) electrons. The minimum atomic E-state index is -0.0184. The van der Waals surface area contributed by atoms with Gasteiger partial charge in [0, 0.05) is 23.6 Å². The van der Waals surface area contributed by atoms with Crippen molar-refractivity contribution in [3.63, 3.8) is 0 Å². The van der Waals surface area contributed by atoms with Crippen LogP contribution in [0.3, 0.4) is 0 Å². The van der Waals surface area contributed by atoms with E-state index in [1.54, 1.807) is 13.2 Å². The van der Waals surface area contributed by atoms with Gasteiger partial charge in [0.1, 0.15) is 11.5 Å². The van der Waals surface area contributed by atoms with E-state index in [-0.39, 0.29) is 24.1 Å². The van der Waals surface area contributed by atoms with E-state index in [9.17, 15) is 4.79 Å². The van der Waals surface area contributed by atoms with Gasteiger partial charge in [-0.05, 0) is 66.2 Å². The van der Waals surface area contributed by atoms with E-state index in [0.717, 1.165) is 5.56 Å². The van der Waals surface area contributed by atoms with Crippen molar-refractivity contribution < 1.29 is 23.7 Å². The lowest BCUT2D eigenvalue weighted by Crippen LogP contribution is -2.11. The summed E-state index contributed by atoms with van der Waals surface area (Å²) in [6.45, 7) is 11.8. The molecule has 0 aromatic heterocycles. The van der Waals surface area contributed by atoms with Gasteiger partial charge in [-0.1, -0.05) is 12.1 Å². The van der Waals surface area contributed by atoms with Gasteiger partial charge in [0.15, 0.2) is 17.3 Å². The molecule has 0 aliphatic heterocycles. The Bertz CT molecular complexity index is 839. The molecule has 0 bridgehead atoms. The predicted molar refractivity (Wildman–Crippen MR) is 119 cm³/mol. The fraction of sp³-hybridized carbons (Fsp3) is 0.480. The first-order valence-corrected chi connectivity index (χ1v) is 10.5. The zero-order valence-corrected chi connectivity index (χ0v) is 19.2. The van der Waals surface area contributed by atoms with Crippen LogP contribution in [-0.2, 0) is 6.42 Å². The molecule has 0 N–H and O–H groups in total. The third-order valence-corrected chi connectivity index (χ3v) is 4.20. The minimum Gasteiger partial charge on any atom is -0.493 e. The lowest BCUT2D eigenvalue weighted by Gasteiger charge is -2.20. The molecule has 0 spiro atoms. The van der Waals surface area contributed by atoms with Crippen LogP contribution < -0.4 is 18.9 Å². The zero-order valence-electron chi connectivity index (χ0n) is 19.2. The van der Waals surface area contributed by atoms with Crippen LogP contribution in [0.25, 0.3) is 0 Å². The smallest absolute Gasteiger partial charge is 0.165 e. The van der Waals surface area contributed by atoms with Crippen LogP contribution in [0.2, 0.25) is 0 Å². The quantitative estimate of drug-likeness (QED) is 0.430. The number of ether oxygens (including phenoxy) is 4. The van der Waals surface area contributed by atoms with Crippen LogP contribution in [0.4, 0.5) is 0 Å². The highest BCUT2D eigenvalue weighted by Crippen LogP contribution is 2.38. The lowest BCUT2D eigenvalue weighted by atomic mass is 10.0. The van der Waals surface area contributed by atoms with Gasteiger partial charge in [0.2, 0.25) is 0 Å². The number of Topliss-reactive ketones (excluding diaryl/α,β-unsaturated/α-hetero) is 1. The summed E-state index contributed by atoms with van der Waals surface area (Å²) in [6, 6.07) is 11.1. The second-order valence-electron chi connectivity index (χ2n) is 8.06. The standard InChI is InChI=1S/C25H34O5/c1-16(2)28-21-10-8-9-19(13-21)23(26)12-11-20-14-22(29-17(3)4)15-24(27-7)25(20)30-18(5)6/h8-10,13-18H,11-12H2,1-7H3. The molecule has 0 amide bonds. The van der Waals surface area contributed by atoms with E-state index in [0.29, 0.717) is 41.4 Å². The van der Waals surface area contributed by atoms with E-state index in [1.165, 1.54) is 0 Å². The number of methoxy groups -OCH3 is 1. The maximum atomic E-state index is 12.8. The zero-order chi connectivity index (χ0) is 22.3. The van der Waals surface area contributed by atoms with E-state index in [1.807, 2.05) is 71.9 Å². The van der Waals surface area contributed by atoms with Gasteiger partial charge in [-0.15, -0.1) is 0 Å². The van der Waals surface area contributed by atoms with E-state index in [4.69, 9.17) is 18.9 Å². The number of hydrogen-bond acceptors (Lipinski definition) is 5. The Kier molecular flexibility index (Phi) is 8.58. The minimum absolute atomic E-state index is 0.0184. The summed E-state index contributed by atoms with van der Waals surface area (Å²) >= 11 is 0. The molecule has 0 fully saturated rings. The SMILES string of the molecule is COc1cc(OC(C)C)cc(CCC(=O)c2cccc(OC(C)C)c2)c1OC(C)C. The van der Waals surface area contributed by atoms with Crippen molar-refractivity contribution in [1.82, 2.24) is 0 Å². The van der Waals surface area contributed by atoms with Crippen molar-refractivity contribution in [2.24, 2.45) is 0 Å². The topological polar surface area (TPSA) is 54.0 Å². The third kappa shape index (κ3) is 6.97. The van der Waals surface area contributed by atoms with Crippen LogP contribution in [0, 0.1) is 0 Å². The maximum Gasteiger partial charge on any atom is 0.165 e. The largest absolute Gasteiger partial charge is 0.493 e. The molecule has 0 saturated carbocycles. The number of ketones is 1. The van der Waals surface area contributed by atoms with Gasteiger partial charge in [-0.25, -0.2) is 0 Å². The maximum absolute atomic E-state index is 12.8. The molecule has 2 rings (SSSR count). The fourth-order valence-electron chi connectivity index (χ4n) is 3.09. The molecule has 0 saturated heterocycles. The molecular formula is C25H34O5. The summed E-state index contributed by atoms with van der Waals surface area (Å²) in [7, 11) is 1.61. The molecule has 2 aromatic carbocycles. The molecule has 2 aromatic rings. The van der Waals surface area contributed by atoms with Crippen LogP contribution >= 0.6 is 0 Å². The van der Waals surface area contributed by atoms with Gasteiger partial charge >= 0.3 is 0 Å². The third-order valence-electron chi connectivity index (χ3n) is 4.20. The van der Waals surface area contributed by atoms with Crippen LogP contribution in [-0.4, -0.2) is 31.2 Å². The van der Waals surface area contributed by atoms with Gasteiger partial charge in [-0.2, -0.15) is 0 Å². The van der Waals surface area contributed by atoms with Gasteiger partial charge < -0.3 is 18.9 Å². The number of benzene rings is 2. The molecule has 164 valence electrons. The average Bonchev–Trinajstić information content (AvgIpc) is 2.66. The van der Waals surface area contributed by atoms with Crippen molar-refractivity contribution in [3.05, 3.63) is 47.5 Å². The molecule has 0 aliphatic carbocycles. The molecule has 5 nitrogen and oxygen atoms in total. The van der Waals surface area contributed by atoms with Crippen LogP contribution in [0.15, 0.2) is 36.4 Å². The van der Waals surface area contributed by atoms with Crippen molar-refractivity contribution >= 4 is 5.78 Å². The van der Waals surface area contributed by atoms with Crippen molar-refractivity contribution in [3.8, 4) is 23.0 Å². The average molecular weight is 415 g/mol. The Morgan fingerprint density at radius 1 is 0.833 bits per heavy atom. The van der Waals surface area contributed by atoms with Crippen molar-refractivity contribution in [2.45, 2.75) is 72.7 Å². The summed E-state index contributed by atoms with van der Waals surface area (Å²) in [6.07, 6.45) is 0.928. The molecule has 0 aliphatic rings. The van der Waals surface area contributed by atoms with Crippen LogP contribution in [0.1, 0.15) is 63.9 Å². The molecule has 5 heteroatoms. The summed E-state index contributed by atoms with van der Waals surface area (Å²) in [5.41, 5.74) is 1.53. The molecule has 0 heterocycles. The second kappa shape index (κ2) is 10.9. The van der Waals surface area contributed by atoms with Gasteiger partial charge in [-0.3, -0.25) is 4.79 Å². The Hall–Kier alpha value is -2.69. The Labute approximate surface area is 180 Å². The number of carbonyl (C=O) groups is 1. The first kappa shape index (κ1) is 23.6. The lowest BCUT2D eigenvalue weighted by molar-refractivity contribution is 0.0981. The van der Waals surface area contributed by atoms with E-state index >= 15 is 0 Å². The normalized spacial score (nSPS) is 11.1. The van der Waals surface area contributed by atoms with Gasteiger partial charge in [0.05, 0.1) is 25.4 Å². The summed E-state index contributed by atoms with van der Waals surface area (Å²) in [5.74, 6) is 2.72. The second-order valence-corrected chi connectivity index (χ2v) is 8.06. The summed E-state index contributed by atoms with van der Waals surface area (Å²) < 4.78 is 23.1. The molecule has 0 atom stereocenters. The van der Waals surface area contributed by atoms with Crippen LogP contribution in [0.5, 0.6) is 23.0 Å².